The van der Waals surface area contributed by atoms with Crippen molar-refractivity contribution in [2.75, 3.05) is 26.9 Å². The van der Waals surface area contributed by atoms with Crippen molar-refractivity contribution >= 4 is 13.0 Å². The summed E-state index contributed by atoms with van der Waals surface area (Å²) in [4.78, 5) is -0.821. The van der Waals surface area contributed by atoms with Gasteiger partial charge in [-0.25, -0.2) is 4.90 Å². The van der Waals surface area contributed by atoms with Crippen LogP contribution in [-0.2, 0) is 63.6 Å². The molecule has 0 spiro atoms. The molecule has 1 N–H and O–H groups in total. The van der Waals surface area contributed by atoms with Crippen molar-refractivity contribution in [3.63, 3.8) is 0 Å². The number of hydrogen-bond donors (Lipinski definition) is 1. The van der Waals surface area contributed by atoms with Gasteiger partial charge in [0.05, 0.1) is 48.1 Å². The van der Waals surface area contributed by atoms with Crippen LogP contribution in [0, 0.1) is 6.07 Å². The molecule has 0 aliphatic rings. The van der Waals surface area contributed by atoms with Crippen molar-refractivity contribution in [3.05, 3.63) is 117 Å². The van der Waals surface area contributed by atoms with Gasteiger partial charge in [-0.15, -0.1) is 6.07 Å². The number of ether oxygens (including phenoxy) is 3. The van der Waals surface area contributed by atoms with Crippen LogP contribution in [0.15, 0.2) is 66.7 Å². The summed E-state index contributed by atoms with van der Waals surface area (Å²) in [5.74, 6) is -7.50. The van der Waals surface area contributed by atoms with Crippen LogP contribution in [0.25, 0.3) is 0 Å². The second-order valence-corrected chi connectivity index (χ2v) is 14.8. The third-order valence-electron chi connectivity index (χ3n) is 9.56. The Labute approximate surface area is 402 Å². The molecule has 7 nitrogen and oxygen atoms in total. The lowest BCUT2D eigenvalue weighted by Crippen LogP contribution is -3.16. The molecule has 0 heterocycles. The van der Waals surface area contributed by atoms with Gasteiger partial charge in [-0.05, 0) is 76.2 Å². The van der Waals surface area contributed by atoms with Crippen molar-refractivity contribution < 1.29 is 138 Å². The molecule has 0 aliphatic carbocycles. The van der Waals surface area contributed by atoms with E-state index in [0.29, 0.717) is 12.1 Å². The summed E-state index contributed by atoms with van der Waals surface area (Å²) in [5, 5.41) is 0. The summed E-state index contributed by atoms with van der Waals surface area (Å²) in [5.41, 5.74) is -17.1. The van der Waals surface area contributed by atoms with Gasteiger partial charge in [0.15, 0.2) is 17.5 Å². The molecule has 0 aromatic heterocycles. The zero-order valence-electron chi connectivity index (χ0n) is 37.6. The Morgan fingerprint density at radius 2 is 0.757 bits per heavy atom. The monoisotopic (exact) mass is 1120 g/mol. The Bertz CT molecular complexity index is 2320. The molecule has 2 unspecified atom stereocenters. The maximum atomic E-state index is 14.9. The first kappa shape index (κ1) is 62.8. The molecule has 0 radical (unpaired) electrons. The highest BCUT2D eigenvalue weighted by molar-refractivity contribution is 6.39. The van der Waals surface area contributed by atoms with E-state index in [0.717, 1.165) is 7.05 Å². The fourth-order valence-electron chi connectivity index (χ4n) is 6.43. The molecule has 0 saturated carbocycles. The highest BCUT2D eigenvalue weighted by atomic mass is 19.4. The van der Waals surface area contributed by atoms with Crippen LogP contribution in [0.2, 0.25) is 0 Å². The van der Waals surface area contributed by atoms with Gasteiger partial charge in [0, 0.05) is 6.61 Å². The molecule has 0 bridgehead atoms. The SMILES string of the molecule is CCOC(C)C(OCC)(OCC)[NH+](C)c1c(OB(Oc2cc(C(F)(F)F)cc(C(F)(F)F)c2)Oc2cc(C(F)(F)F)cc(C(F)(F)F)c2)cc(C(F)(F)F)cc1C(F)(F)F.FC(F)(F)c1c[c-]cc(C(F)(F)F)c1. The van der Waals surface area contributed by atoms with Crippen LogP contribution < -0.4 is 18.9 Å². The topological polar surface area (TPSA) is 59.8 Å². The van der Waals surface area contributed by atoms with Crippen LogP contribution >= 0.6 is 0 Å². The highest BCUT2D eigenvalue weighted by Gasteiger charge is 2.54. The largest absolute Gasteiger partial charge is 0.864 e. The standard InChI is InChI=1S/C34H30BF18NO6.C8H3F6/c1-6-55-17(4)34(56-7-2,57-8-3)54(5)27-25(33(51,52)53)15-22(32(48,49)50)16-26(27)60-35(58-23-11-18(28(36,37)38)9-19(12-23)29(39,40)41)59-24-13-20(30(42,43)44)10-21(14-24)31(45,46)47;9-7(10,11)5-2-1-3-6(4-5)8(12,13)14/h9-17H,6-8H2,1-5H3;2-4H/q;-1/p+1. The van der Waals surface area contributed by atoms with Crippen LogP contribution in [0.3, 0.4) is 0 Å². The third-order valence-corrected chi connectivity index (χ3v) is 9.56. The Hall–Kier alpha value is -5.50. The van der Waals surface area contributed by atoms with Crippen LogP contribution in [0.4, 0.5) is 111 Å². The van der Waals surface area contributed by atoms with E-state index in [-0.39, 0.29) is 43.0 Å². The van der Waals surface area contributed by atoms with Crippen LogP contribution in [-0.4, -0.2) is 46.2 Å². The summed E-state index contributed by atoms with van der Waals surface area (Å²) >= 11 is 0. The fraction of sp³-hybridized carbons (Fsp3) is 0.429. The van der Waals surface area contributed by atoms with E-state index >= 15 is 0 Å². The second-order valence-electron chi connectivity index (χ2n) is 14.8. The number of benzene rings is 4. The summed E-state index contributed by atoms with van der Waals surface area (Å²) in [6.07, 6.45) is -45.0. The minimum Gasteiger partial charge on any atom is -0.490 e. The van der Waals surface area contributed by atoms with Gasteiger partial charge in [-0.2, -0.15) is 124 Å². The van der Waals surface area contributed by atoms with Crippen molar-refractivity contribution in [3.8, 4) is 17.2 Å². The van der Waals surface area contributed by atoms with E-state index in [4.69, 9.17) is 28.2 Å². The van der Waals surface area contributed by atoms with Crippen LogP contribution in [0.5, 0.6) is 17.2 Å². The van der Waals surface area contributed by atoms with Gasteiger partial charge in [0.2, 0.25) is 0 Å². The Morgan fingerprint density at radius 3 is 1.05 bits per heavy atom. The van der Waals surface area contributed by atoms with Crippen molar-refractivity contribution in [1.29, 1.82) is 0 Å². The van der Waals surface area contributed by atoms with Gasteiger partial charge in [-0.1, -0.05) is 11.1 Å². The van der Waals surface area contributed by atoms with Gasteiger partial charge in [-0.3, -0.25) is 0 Å². The molecule has 4 aromatic rings. The van der Waals surface area contributed by atoms with E-state index in [1.54, 1.807) is 6.07 Å². The molecule has 4 aromatic carbocycles. The number of hydrogen-bond acceptors (Lipinski definition) is 6. The van der Waals surface area contributed by atoms with E-state index in [1.165, 1.54) is 27.7 Å². The predicted octanol–water partition coefficient (Wildman–Crippen LogP) is 14.1. The number of likely N-dealkylation sites (N-methyl/N-ethyl adjacent to an activating group) is 1. The van der Waals surface area contributed by atoms with E-state index in [9.17, 15) is 105 Å². The molecule has 0 amide bonds. The molecule has 74 heavy (non-hydrogen) atoms. The number of alkyl halides is 24. The number of halogens is 24. The smallest absolute Gasteiger partial charge is 0.490 e. The minimum atomic E-state index is -5.81. The van der Waals surface area contributed by atoms with Gasteiger partial charge < -0.3 is 28.2 Å². The zero-order chi connectivity index (χ0) is 57.0. The molecular formula is C42H34BF24NO6. The van der Waals surface area contributed by atoms with Crippen molar-refractivity contribution in [1.82, 2.24) is 0 Å². The van der Waals surface area contributed by atoms with E-state index < -0.39 is 173 Å². The molecule has 2 atom stereocenters. The first-order chi connectivity index (χ1) is 33.4. The van der Waals surface area contributed by atoms with E-state index in [2.05, 4.69) is 0 Å². The summed E-state index contributed by atoms with van der Waals surface area (Å²) in [6.45, 7) is 4.23. The lowest BCUT2D eigenvalue weighted by Gasteiger charge is -2.41. The Balaban J connectivity index is 0.000000886. The van der Waals surface area contributed by atoms with E-state index in [1.807, 2.05) is 0 Å². The summed E-state index contributed by atoms with van der Waals surface area (Å²) < 4.78 is 356. The quantitative estimate of drug-likeness (QED) is 0.0554. The normalized spacial score (nSPS) is 14.2. The molecule has 414 valence electrons. The Morgan fingerprint density at radius 1 is 0.432 bits per heavy atom. The molecule has 32 heteroatoms. The molecular weight excluding hydrogens is 1080 g/mol. The zero-order valence-corrected chi connectivity index (χ0v) is 37.6. The average Bonchev–Trinajstić information content (AvgIpc) is 3.23. The maximum Gasteiger partial charge on any atom is 0.864 e. The van der Waals surface area contributed by atoms with Gasteiger partial charge in [0.1, 0.15) is 17.1 Å². The molecule has 0 aliphatic heterocycles. The summed E-state index contributed by atoms with van der Waals surface area (Å²) in [7, 11) is -2.58. The lowest BCUT2D eigenvalue weighted by atomic mass is 10.0. The van der Waals surface area contributed by atoms with Gasteiger partial charge >= 0.3 is 62.6 Å². The number of nitrogens with one attached hydrogen (secondary N) is 1. The van der Waals surface area contributed by atoms with Gasteiger partial charge in [0.25, 0.3) is 0 Å². The fourth-order valence-corrected chi connectivity index (χ4v) is 6.43. The minimum absolute atomic E-state index is 0.0521. The van der Waals surface area contributed by atoms with Crippen molar-refractivity contribution in [2.24, 2.45) is 0 Å². The third kappa shape index (κ3) is 16.5. The first-order valence-electron chi connectivity index (χ1n) is 20.2. The Kier molecular flexibility index (Phi) is 19.3. The molecule has 4 rings (SSSR count). The second kappa shape index (κ2) is 22.8. The van der Waals surface area contributed by atoms with Crippen molar-refractivity contribution in [2.45, 2.75) is 89.1 Å². The summed E-state index contributed by atoms with van der Waals surface area (Å²) in [6, 6.07) is 0.400. The average molecular weight is 1120 g/mol. The van der Waals surface area contributed by atoms with Crippen LogP contribution in [0.1, 0.15) is 72.2 Å². The maximum absolute atomic E-state index is 14.9. The molecule has 0 fully saturated rings. The molecule has 0 saturated heterocycles. The number of rotatable bonds is 15. The highest BCUT2D eigenvalue weighted by Crippen LogP contribution is 2.46. The lowest BCUT2D eigenvalue weighted by molar-refractivity contribution is -0.944. The number of quaternary nitrogens is 1. The first-order valence-corrected chi connectivity index (χ1v) is 20.2. The predicted molar refractivity (Wildman–Crippen MR) is 206 cm³/mol.